The smallest absolute Gasteiger partial charge is 0.330 e. The molecule has 2 amide bonds. The van der Waals surface area contributed by atoms with E-state index in [0.29, 0.717) is 34.3 Å². The minimum atomic E-state index is -0.646. The molecule has 134 valence electrons. The number of ether oxygens (including phenoxy) is 1. The molecule has 0 aliphatic carbocycles. The Balaban J connectivity index is 1.56. The highest BCUT2D eigenvalue weighted by atomic mass is 35.5. The summed E-state index contributed by atoms with van der Waals surface area (Å²) in [5.74, 6) is -0.676. The van der Waals surface area contributed by atoms with Crippen molar-refractivity contribution in [3.8, 4) is 0 Å². The van der Waals surface area contributed by atoms with E-state index < -0.39 is 24.5 Å². The van der Waals surface area contributed by atoms with Gasteiger partial charge in [0.25, 0.3) is 5.91 Å². The van der Waals surface area contributed by atoms with E-state index in [9.17, 15) is 14.4 Å². The molecular weight excluding hydrogens is 387 g/mol. The molecule has 1 aromatic rings. The number of thioether (sulfide) groups is 1. The fourth-order valence-electron chi connectivity index (χ4n) is 3.01. The summed E-state index contributed by atoms with van der Waals surface area (Å²) in [5, 5.41) is 3.29. The molecule has 2 atom stereocenters. The Hall–Kier alpha value is -1.44. The first-order valence-electron chi connectivity index (χ1n) is 7.68. The minimum Gasteiger partial charge on any atom is -0.454 e. The average molecular weight is 403 g/mol. The first kappa shape index (κ1) is 18.4. The second-order valence-corrected chi connectivity index (χ2v) is 8.39. The standard InChI is InChI=1S/C16H16Cl2N2O4S/c1-16-5-4-14(22)20(16)12(8-25-16)15(23)24-7-13(21)19-11-6-9(17)2-3-10(11)18/h2-3,6,12H,4-5,7-8H2,1H3,(H,19,21)/t12-,16-/m0/s1. The van der Waals surface area contributed by atoms with Crippen LogP contribution in [0.4, 0.5) is 5.69 Å². The maximum absolute atomic E-state index is 12.3. The molecule has 0 aromatic heterocycles. The maximum Gasteiger partial charge on any atom is 0.330 e. The van der Waals surface area contributed by atoms with Crippen LogP contribution < -0.4 is 5.32 Å². The van der Waals surface area contributed by atoms with Crippen LogP contribution in [-0.2, 0) is 19.1 Å². The second kappa shape index (κ2) is 7.05. The van der Waals surface area contributed by atoms with Crippen molar-refractivity contribution < 1.29 is 19.1 Å². The Kier molecular flexibility index (Phi) is 5.18. The van der Waals surface area contributed by atoms with Gasteiger partial charge in [-0.1, -0.05) is 23.2 Å². The average Bonchev–Trinajstić information content (AvgIpc) is 3.05. The number of esters is 1. The SMILES string of the molecule is C[C@]12CCC(=O)N1[C@H](C(=O)OCC(=O)Nc1cc(Cl)ccc1Cl)CS2. The first-order chi connectivity index (χ1) is 11.8. The number of rotatable bonds is 4. The summed E-state index contributed by atoms with van der Waals surface area (Å²) in [6.07, 6.45) is 1.15. The lowest BCUT2D eigenvalue weighted by atomic mass is 10.2. The molecule has 2 fully saturated rings. The zero-order valence-electron chi connectivity index (χ0n) is 13.4. The number of fused-ring (bicyclic) bond motifs is 1. The topological polar surface area (TPSA) is 75.7 Å². The van der Waals surface area contributed by atoms with Gasteiger partial charge in [-0.15, -0.1) is 11.8 Å². The summed E-state index contributed by atoms with van der Waals surface area (Å²) >= 11 is 13.4. The number of anilines is 1. The highest BCUT2D eigenvalue weighted by molar-refractivity contribution is 8.01. The molecule has 2 saturated heterocycles. The molecule has 1 aromatic carbocycles. The number of amides is 2. The monoisotopic (exact) mass is 402 g/mol. The van der Waals surface area contributed by atoms with Crippen LogP contribution >= 0.6 is 35.0 Å². The number of hydrogen-bond acceptors (Lipinski definition) is 5. The summed E-state index contributed by atoms with van der Waals surface area (Å²) in [6.45, 7) is 1.49. The molecule has 2 heterocycles. The van der Waals surface area contributed by atoms with E-state index in [2.05, 4.69) is 5.32 Å². The molecule has 0 spiro atoms. The van der Waals surface area contributed by atoms with Crippen LogP contribution in [0.1, 0.15) is 19.8 Å². The van der Waals surface area contributed by atoms with E-state index in [1.54, 1.807) is 28.8 Å². The summed E-state index contributed by atoms with van der Waals surface area (Å²) < 4.78 is 5.10. The van der Waals surface area contributed by atoms with Crippen molar-refractivity contribution in [1.82, 2.24) is 4.90 Å². The molecule has 25 heavy (non-hydrogen) atoms. The number of hydrogen-bond donors (Lipinski definition) is 1. The van der Waals surface area contributed by atoms with E-state index in [0.717, 1.165) is 0 Å². The van der Waals surface area contributed by atoms with Gasteiger partial charge in [-0.05, 0) is 31.5 Å². The molecule has 6 nitrogen and oxygen atoms in total. The number of benzene rings is 1. The van der Waals surface area contributed by atoms with Crippen LogP contribution in [0.3, 0.4) is 0 Å². The van der Waals surface area contributed by atoms with Crippen molar-refractivity contribution in [2.75, 3.05) is 17.7 Å². The molecule has 9 heteroatoms. The Bertz CT molecular complexity index is 745. The van der Waals surface area contributed by atoms with Crippen molar-refractivity contribution in [3.05, 3.63) is 28.2 Å². The van der Waals surface area contributed by atoms with Gasteiger partial charge in [0.15, 0.2) is 6.61 Å². The van der Waals surface area contributed by atoms with Gasteiger partial charge in [0.2, 0.25) is 5.91 Å². The minimum absolute atomic E-state index is 0.0513. The van der Waals surface area contributed by atoms with Gasteiger partial charge < -0.3 is 15.0 Å². The third kappa shape index (κ3) is 3.73. The Morgan fingerprint density at radius 3 is 2.96 bits per heavy atom. The van der Waals surface area contributed by atoms with Gasteiger partial charge in [0.05, 0.1) is 15.6 Å². The fraction of sp³-hybridized carbons (Fsp3) is 0.438. The number of carbonyl (C=O) groups is 3. The molecule has 0 radical (unpaired) electrons. The van der Waals surface area contributed by atoms with Crippen molar-refractivity contribution in [1.29, 1.82) is 0 Å². The highest BCUT2D eigenvalue weighted by Gasteiger charge is 2.53. The van der Waals surface area contributed by atoms with Crippen LogP contribution in [0.15, 0.2) is 18.2 Å². The highest BCUT2D eigenvalue weighted by Crippen LogP contribution is 2.47. The normalized spacial score (nSPS) is 25.0. The van der Waals surface area contributed by atoms with Crippen LogP contribution in [0, 0.1) is 0 Å². The Morgan fingerprint density at radius 2 is 2.20 bits per heavy atom. The number of halogens is 2. The molecular formula is C16H16Cl2N2O4S. The van der Waals surface area contributed by atoms with E-state index in [4.69, 9.17) is 27.9 Å². The van der Waals surface area contributed by atoms with Crippen LogP contribution in [0.25, 0.3) is 0 Å². The lowest BCUT2D eigenvalue weighted by Gasteiger charge is -2.29. The van der Waals surface area contributed by atoms with Gasteiger partial charge in [0.1, 0.15) is 6.04 Å². The molecule has 0 bridgehead atoms. The molecule has 0 unspecified atom stereocenters. The summed E-state index contributed by atoms with van der Waals surface area (Å²) in [7, 11) is 0. The van der Waals surface area contributed by atoms with Crippen molar-refractivity contribution in [3.63, 3.8) is 0 Å². The molecule has 2 aliphatic heterocycles. The predicted molar refractivity (Wildman–Crippen MR) is 96.8 cm³/mol. The van der Waals surface area contributed by atoms with Gasteiger partial charge in [-0.2, -0.15) is 0 Å². The third-order valence-electron chi connectivity index (χ3n) is 4.26. The summed E-state index contributed by atoms with van der Waals surface area (Å²) in [5.41, 5.74) is 0.342. The summed E-state index contributed by atoms with van der Waals surface area (Å²) in [6, 6.07) is 4.01. The van der Waals surface area contributed by atoms with Crippen molar-refractivity contribution >= 4 is 58.4 Å². The van der Waals surface area contributed by atoms with Crippen LogP contribution in [0.5, 0.6) is 0 Å². The predicted octanol–water partition coefficient (Wildman–Crippen LogP) is 2.93. The van der Waals surface area contributed by atoms with E-state index in [1.165, 1.54) is 6.07 Å². The van der Waals surface area contributed by atoms with Crippen LogP contribution in [0.2, 0.25) is 10.0 Å². The van der Waals surface area contributed by atoms with E-state index in [1.807, 2.05) is 6.92 Å². The quantitative estimate of drug-likeness (QED) is 0.783. The second-order valence-electron chi connectivity index (χ2n) is 6.05. The third-order valence-corrected chi connectivity index (χ3v) is 6.33. The molecule has 3 rings (SSSR count). The zero-order valence-corrected chi connectivity index (χ0v) is 15.7. The van der Waals surface area contributed by atoms with E-state index >= 15 is 0 Å². The number of carbonyl (C=O) groups excluding carboxylic acids is 3. The Labute approximate surface area is 159 Å². The van der Waals surface area contributed by atoms with Gasteiger partial charge in [-0.25, -0.2) is 4.79 Å². The fourth-order valence-corrected chi connectivity index (χ4v) is 4.76. The van der Waals surface area contributed by atoms with E-state index in [-0.39, 0.29) is 10.8 Å². The number of nitrogens with one attached hydrogen (secondary N) is 1. The maximum atomic E-state index is 12.3. The van der Waals surface area contributed by atoms with Crippen LogP contribution in [-0.4, -0.2) is 46.0 Å². The Morgan fingerprint density at radius 1 is 1.44 bits per heavy atom. The zero-order chi connectivity index (χ0) is 18.2. The molecule has 1 N–H and O–H groups in total. The van der Waals surface area contributed by atoms with Gasteiger partial charge in [-0.3, -0.25) is 9.59 Å². The lowest BCUT2D eigenvalue weighted by Crippen LogP contribution is -2.47. The molecule has 2 aliphatic rings. The largest absolute Gasteiger partial charge is 0.454 e. The lowest BCUT2D eigenvalue weighted by molar-refractivity contribution is -0.155. The van der Waals surface area contributed by atoms with Gasteiger partial charge in [0, 0.05) is 17.2 Å². The van der Waals surface area contributed by atoms with Gasteiger partial charge >= 0.3 is 5.97 Å². The number of nitrogens with zero attached hydrogens (tertiary/aromatic N) is 1. The first-order valence-corrected chi connectivity index (χ1v) is 9.42. The molecule has 0 saturated carbocycles. The van der Waals surface area contributed by atoms with Crippen molar-refractivity contribution in [2.24, 2.45) is 0 Å². The summed E-state index contributed by atoms with van der Waals surface area (Å²) in [4.78, 5) is 37.5. The van der Waals surface area contributed by atoms with Crippen molar-refractivity contribution in [2.45, 2.75) is 30.7 Å².